The first-order chi connectivity index (χ1) is 18.5. The molecule has 5 aromatic rings. The Morgan fingerprint density at radius 2 is 1.82 bits per heavy atom. The van der Waals surface area contributed by atoms with Crippen LogP contribution in [0, 0.1) is 19.7 Å². The fourth-order valence-corrected chi connectivity index (χ4v) is 5.43. The van der Waals surface area contributed by atoms with Crippen LogP contribution in [-0.4, -0.2) is 30.2 Å². The van der Waals surface area contributed by atoms with Gasteiger partial charge in [-0.15, -0.1) is 0 Å². The molecule has 1 aliphatic heterocycles. The van der Waals surface area contributed by atoms with Gasteiger partial charge in [-0.3, -0.25) is 4.79 Å². The first-order valence-electron chi connectivity index (χ1n) is 12.2. The maximum Gasteiger partial charge on any atom is 0.307 e. The Hall–Kier alpha value is -4.18. The number of nitrogens with zero attached hydrogens (tertiary/aromatic N) is 5. The molecule has 1 unspecified atom stereocenters. The summed E-state index contributed by atoms with van der Waals surface area (Å²) >= 11 is 6.49. The molecule has 0 bridgehead atoms. The number of halogens is 4. The fraction of sp³-hybridized carbons (Fsp3) is 0.214. The van der Waals surface area contributed by atoms with E-state index >= 15 is 8.78 Å². The number of carbonyl (C=O) groups excluding carboxylic acids is 1. The fourth-order valence-electron chi connectivity index (χ4n) is 5.17. The van der Waals surface area contributed by atoms with E-state index in [1.165, 1.54) is 45.9 Å². The maximum atomic E-state index is 15.8. The summed E-state index contributed by atoms with van der Waals surface area (Å²) < 4.78 is 48.4. The molecule has 0 aliphatic carbocycles. The van der Waals surface area contributed by atoms with E-state index in [2.05, 4.69) is 20.4 Å². The van der Waals surface area contributed by atoms with Gasteiger partial charge in [-0.25, -0.2) is 19.0 Å². The highest BCUT2D eigenvalue weighted by atomic mass is 35.5. The lowest BCUT2D eigenvalue weighted by Crippen LogP contribution is -2.54. The molecule has 1 aliphatic rings. The number of amides is 1. The zero-order valence-corrected chi connectivity index (χ0v) is 21.7. The highest BCUT2D eigenvalue weighted by Crippen LogP contribution is 2.47. The van der Waals surface area contributed by atoms with Crippen molar-refractivity contribution >= 4 is 28.5 Å². The number of aromatic nitrogens is 5. The monoisotopic (exact) mass is 550 g/mol. The third kappa shape index (κ3) is 4.34. The lowest BCUT2D eigenvalue weighted by atomic mass is 9.81. The normalized spacial score (nSPS) is 18.2. The third-order valence-electron chi connectivity index (χ3n) is 7.00. The van der Waals surface area contributed by atoms with Crippen LogP contribution in [0.4, 0.5) is 13.2 Å². The molecule has 0 saturated heterocycles. The van der Waals surface area contributed by atoms with Gasteiger partial charge in [0.05, 0.1) is 39.4 Å². The minimum atomic E-state index is -3.40. The molecular weight excluding hydrogens is 529 g/mol. The van der Waals surface area contributed by atoms with E-state index in [9.17, 15) is 9.18 Å². The van der Waals surface area contributed by atoms with E-state index in [0.717, 1.165) is 5.56 Å². The van der Waals surface area contributed by atoms with Crippen LogP contribution in [0.25, 0.3) is 16.7 Å². The summed E-state index contributed by atoms with van der Waals surface area (Å²) in [5.74, 6) is -4.38. The summed E-state index contributed by atoms with van der Waals surface area (Å²) in [6.07, 6.45) is 0.747. The number of imidazole rings is 1. The highest BCUT2D eigenvalue weighted by molar-refractivity contribution is 6.34. The zero-order chi connectivity index (χ0) is 27.5. The summed E-state index contributed by atoms with van der Waals surface area (Å²) in [4.78, 5) is 21.9. The van der Waals surface area contributed by atoms with E-state index in [4.69, 9.17) is 11.6 Å². The van der Waals surface area contributed by atoms with Gasteiger partial charge < -0.3 is 9.88 Å². The van der Waals surface area contributed by atoms with Crippen molar-refractivity contribution < 1.29 is 18.0 Å². The van der Waals surface area contributed by atoms with E-state index < -0.39 is 29.6 Å². The van der Waals surface area contributed by atoms with E-state index in [1.54, 1.807) is 31.2 Å². The van der Waals surface area contributed by atoms with Crippen LogP contribution in [0.1, 0.15) is 39.6 Å². The minimum absolute atomic E-state index is 0.0389. The Bertz CT molecular complexity index is 1750. The molecule has 1 N–H and O–H groups in total. The van der Waals surface area contributed by atoms with Crippen LogP contribution >= 0.6 is 11.6 Å². The van der Waals surface area contributed by atoms with E-state index in [0.29, 0.717) is 28.1 Å². The lowest BCUT2D eigenvalue weighted by Gasteiger charge is -2.42. The van der Waals surface area contributed by atoms with Crippen LogP contribution in [0.2, 0.25) is 5.02 Å². The molecule has 3 aromatic carbocycles. The number of rotatable bonds is 4. The molecule has 6 rings (SSSR count). The summed E-state index contributed by atoms with van der Waals surface area (Å²) in [5.41, 5.74) is 1.26. The van der Waals surface area contributed by atoms with Crippen LogP contribution in [0.3, 0.4) is 0 Å². The number of benzene rings is 3. The molecule has 7 nitrogen and oxygen atoms in total. The zero-order valence-electron chi connectivity index (χ0n) is 20.9. The number of fused-ring (bicyclic) bond motifs is 3. The standard InChI is InChI=1S/C28H22ClF3N6O/c1-16-3-10-24-23(11-16)34-26-28(31,32)13-27(14-37(24)26,18-4-6-19(30)7-5-18)35-25(39)21-9-8-20(12-22(21)29)38-15-33-17(2)36-38/h3-12,15H,13-14H2,1-2H3,(H,35,39). The van der Waals surface area contributed by atoms with Gasteiger partial charge in [0.1, 0.15) is 18.0 Å². The van der Waals surface area contributed by atoms with Crippen molar-refractivity contribution in [2.75, 3.05) is 0 Å². The first-order valence-corrected chi connectivity index (χ1v) is 12.5. The Kier molecular flexibility index (Phi) is 5.76. The molecule has 1 atom stereocenters. The minimum Gasteiger partial charge on any atom is -0.340 e. The van der Waals surface area contributed by atoms with Crippen molar-refractivity contribution in [1.29, 1.82) is 0 Å². The second-order valence-corrected chi connectivity index (χ2v) is 10.2. The summed E-state index contributed by atoms with van der Waals surface area (Å²) in [5, 5.41) is 7.19. The Labute approximate surface area is 226 Å². The van der Waals surface area contributed by atoms with Crippen molar-refractivity contribution in [3.05, 3.63) is 106 Å². The van der Waals surface area contributed by atoms with E-state index in [1.807, 2.05) is 13.0 Å². The second kappa shape index (κ2) is 8.94. The number of aryl methyl sites for hydroxylation is 2. The smallest absolute Gasteiger partial charge is 0.307 e. The number of hydrogen-bond acceptors (Lipinski definition) is 4. The first kappa shape index (κ1) is 25.1. The molecule has 198 valence electrons. The van der Waals surface area contributed by atoms with E-state index in [-0.39, 0.29) is 23.0 Å². The van der Waals surface area contributed by atoms with Crippen molar-refractivity contribution in [2.45, 2.75) is 38.3 Å². The van der Waals surface area contributed by atoms with Gasteiger partial charge in [-0.2, -0.15) is 13.9 Å². The number of nitrogens with one attached hydrogen (secondary N) is 1. The summed E-state index contributed by atoms with van der Waals surface area (Å²) in [6.45, 7) is 3.56. The molecule has 39 heavy (non-hydrogen) atoms. The lowest BCUT2D eigenvalue weighted by molar-refractivity contribution is -0.0704. The summed E-state index contributed by atoms with van der Waals surface area (Å²) in [6, 6.07) is 15.2. The predicted octanol–water partition coefficient (Wildman–Crippen LogP) is 5.85. The molecule has 2 aromatic heterocycles. The van der Waals surface area contributed by atoms with Gasteiger partial charge in [-0.05, 0) is 67.4 Å². The van der Waals surface area contributed by atoms with Gasteiger partial charge in [0.2, 0.25) is 0 Å². The van der Waals surface area contributed by atoms with Crippen molar-refractivity contribution in [2.24, 2.45) is 0 Å². The average Bonchev–Trinajstić information content (AvgIpc) is 3.47. The molecule has 1 amide bonds. The Morgan fingerprint density at radius 1 is 1.05 bits per heavy atom. The molecule has 0 fully saturated rings. The average molecular weight is 551 g/mol. The SMILES string of the molecule is Cc1ccc2c(c1)nc1n2CC(NC(=O)c2ccc(-n3cnc(C)n3)cc2Cl)(c2ccc(F)cc2)CC1(F)F. The molecule has 0 saturated carbocycles. The van der Waals surface area contributed by atoms with Crippen LogP contribution in [0.15, 0.2) is 67.0 Å². The maximum absolute atomic E-state index is 15.8. The predicted molar refractivity (Wildman–Crippen MR) is 140 cm³/mol. The Morgan fingerprint density at radius 3 is 2.51 bits per heavy atom. The third-order valence-corrected chi connectivity index (χ3v) is 7.31. The molecule has 3 heterocycles. The largest absolute Gasteiger partial charge is 0.340 e. The molecular formula is C28H22ClF3N6O. The van der Waals surface area contributed by atoms with Gasteiger partial charge in [0, 0.05) is 6.42 Å². The quantitative estimate of drug-likeness (QED) is 0.305. The highest BCUT2D eigenvalue weighted by Gasteiger charge is 2.53. The van der Waals surface area contributed by atoms with Gasteiger partial charge in [0.25, 0.3) is 5.91 Å². The molecule has 11 heteroatoms. The van der Waals surface area contributed by atoms with Gasteiger partial charge >= 0.3 is 5.92 Å². The molecule has 0 spiro atoms. The van der Waals surface area contributed by atoms with Crippen LogP contribution < -0.4 is 5.32 Å². The van der Waals surface area contributed by atoms with Gasteiger partial charge in [-0.1, -0.05) is 29.8 Å². The number of alkyl halides is 2. The van der Waals surface area contributed by atoms with Crippen molar-refractivity contribution in [3.8, 4) is 5.69 Å². The Balaban J connectivity index is 1.44. The van der Waals surface area contributed by atoms with Crippen LogP contribution in [0.5, 0.6) is 0 Å². The van der Waals surface area contributed by atoms with Crippen LogP contribution in [-0.2, 0) is 18.0 Å². The topological polar surface area (TPSA) is 77.6 Å². The van der Waals surface area contributed by atoms with Gasteiger partial charge in [0.15, 0.2) is 5.82 Å². The van der Waals surface area contributed by atoms with Crippen molar-refractivity contribution in [3.63, 3.8) is 0 Å². The number of carbonyl (C=O) groups is 1. The second-order valence-electron chi connectivity index (χ2n) is 9.84. The number of hydrogen-bond donors (Lipinski definition) is 1. The summed E-state index contributed by atoms with van der Waals surface area (Å²) in [7, 11) is 0. The van der Waals surface area contributed by atoms with Crippen molar-refractivity contribution in [1.82, 2.24) is 29.6 Å². The molecule has 0 radical (unpaired) electrons.